The molecule has 0 radical (unpaired) electrons. The van der Waals surface area contributed by atoms with E-state index in [1.807, 2.05) is 24.0 Å². The molecule has 1 aromatic carbocycles. The van der Waals surface area contributed by atoms with E-state index in [1.54, 1.807) is 12.3 Å². The summed E-state index contributed by atoms with van der Waals surface area (Å²) in [6.45, 7) is 2.54. The van der Waals surface area contributed by atoms with Gasteiger partial charge in [0.15, 0.2) is 0 Å². The van der Waals surface area contributed by atoms with Crippen LogP contribution in [-0.2, 0) is 6.42 Å². The van der Waals surface area contributed by atoms with Crippen molar-refractivity contribution in [1.29, 1.82) is 0 Å². The van der Waals surface area contributed by atoms with Gasteiger partial charge in [0.25, 0.3) is 5.91 Å². The molecule has 0 aliphatic carbocycles. The number of aryl methyl sites for hydroxylation is 1. The van der Waals surface area contributed by atoms with Crippen LogP contribution in [0.1, 0.15) is 21.7 Å². The van der Waals surface area contributed by atoms with Crippen molar-refractivity contribution < 1.29 is 9.21 Å². The molecular formula is C14H12BrNO2. The summed E-state index contributed by atoms with van der Waals surface area (Å²) < 4.78 is 6.25. The monoisotopic (exact) mass is 305 g/mol. The molecule has 0 unspecified atom stereocenters. The van der Waals surface area contributed by atoms with Crippen molar-refractivity contribution in [3.63, 3.8) is 0 Å². The molecule has 0 bridgehead atoms. The van der Waals surface area contributed by atoms with Gasteiger partial charge in [0.1, 0.15) is 5.76 Å². The number of hydrogen-bond acceptors (Lipinski definition) is 2. The smallest absolute Gasteiger partial charge is 0.261 e. The first kappa shape index (κ1) is 11.5. The van der Waals surface area contributed by atoms with Crippen LogP contribution in [0.25, 0.3) is 0 Å². The van der Waals surface area contributed by atoms with Gasteiger partial charge in [-0.2, -0.15) is 0 Å². The van der Waals surface area contributed by atoms with E-state index in [-0.39, 0.29) is 5.91 Å². The van der Waals surface area contributed by atoms with Gasteiger partial charge in [-0.1, -0.05) is 15.9 Å². The SMILES string of the molecule is Cc1occc1C(=O)N1CCc2cc(Br)ccc21. The number of halogens is 1. The number of hydrogen-bond donors (Lipinski definition) is 0. The van der Waals surface area contributed by atoms with Crippen LogP contribution < -0.4 is 4.90 Å². The first-order chi connectivity index (χ1) is 8.66. The van der Waals surface area contributed by atoms with Gasteiger partial charge in [0.2, 0.25) is 0 Å². The third-order valence-corrected chi connectivity index (χ3v) is 3.76. The summed E-state index contributed by atoms with van der Waals surface area (Å²) in [5.41, 5.74) is 2.86. The lowest BCUT2D eigenvalue weighted by atomic mass is 10.2. The highest BCUT2D eigenvalue weighted by molar-refractivity contribution is 9.10. The van der Waals surface area contributed by atoms with Crippen LogP contribution in [0.3, 0.4) is 0 Å². The molecule has 0 N–H and O–H groups in total. The standard InChI is InChI=1S/C14H12BrNO2/c1-9-12(5-7-18-9)14(17)16-6-4-10-8-11(15)2-3-13(10)16/h2-3,5,7-8H,4,6H2,1H3. The molecule has 2 heterocycles. The highest BCUT2D eigenvalue weighted by Crippen LogP contribution is 2.32. The van der Waals surface area contributed by atoms with Crippen LogP contribution in [0.2, 0.25) is 0 Å². The predicted molar refractivity (Wildman–Crippen MR) is 73.0 cm³/mol. The van der Waals surface area contributed by atoms with Gasteiger partial charge in [0.05, 0.1) is 11.8 Å². The minimum atomic E-state index is 0.0160. The van der Waals surface area contributed by atoms with Crippen LogP contribution in [-0.4, -0.2) is 12.5 Å². The van der Waals surface area contributed by atoms with Gasteiger partial charge in [-0.15, -0.1) is 0 Å². The minimum Gasteiger partial charge on any atom is -0.469 e. The number of furan rings is 1. The zero-order chi connectivity index (χ0) is 12.7. The van der Waals surface area contributed by atoms with Crippen LogP contribution in [0.15, 0.2) is 39.4 Å². The average molecular weight is 306 g/mol. The second kappa shape index (κ2) is 4.28. The van der Waals surface area contributed by atoms with Crippen LogP contribution in [0.4, 0.5) is 5.69 Å². The first-order valence-electron chi connectivity index (χ1n) is 5.81. The number of carbonyl (C=O) groups is 1. The van der Waals surface area contributed by atoms with Gasteiger partial charge in [-0.3, -0.25) is 4.79 Å². The van der Waals surface area contributed by atoms with E-state index < -0.39 is 0 Å². The fourth-order valence-electron chi connectivity index (χ4n) is 2.33. The van der Waals surface area contributed by atoms with Crippen LogP contribution in [0, 0.1) is 6.92 Å². The molecule has 3 rings (SSSR count). The molecular weight excluding hydrogens is 294 g/mol. The van der Waals surface area contributed by atoms with Crippen molar-refractivity contribution in [3.8, 4) is 0 Å². The second-order valence-corrected chi connectivity index (χ2v) is 5.29. The van der Waals surface area contributed by atoms with Gasteiger partial charge < -0.3 is 9.32 Å². The van der Waals surface area contributed by atoms with Gasteiger partial charge in [-0.05, 0) is 43.2 Å². The minimum absolute atomic E-state index is 0.0160. The predicted octanol–water partition coefficient (Wildman–Crippen LogP) is 3.55. The Hall–Kier alpha value is -1.55. The van der Waals surface area contributed by atoms with Crippen LogP contribution >= 0.6 is 15.9 Å². The van der Waals surface area contributed by atoms with Crippen molar-refractivity contribution in [2.24, 2.45) is 0 Å². The Labute approximate surface area is 114 Å². The molecule has 1 amide bonds. The van der Waals surface area contributed by atoms with Gasteiger partial charge >= 0.3 is 0 Å². The fourth-order valence-corrected chi connectivity index (χ4v) is 2.74. The first-order valence-corrected chi connectivity index (χ1v) is 6.60. The molecule has 1 aliphatic heterocycles. The normalized spacial score (nSPS) is 13.8. The highest BCUT2D eigenvalue weighted by atomic mass is 79.9. The molecule has 0 saturated heterocycles. The number of benzene rings is 1. The van der Waals surface area contributed by atoms with E-state index in [4.69, 9.17) is 4.42 Å². The zero-order valence-corrected chi connectivity index (χ0v) is 11.5. The Morgan fingerprint density at radius 1 is 1.39 bits per heavy atom. The van der Waals surface area contributed by atoms with Crippen molar-refractivity contribution in [1.82, 2.24) is 0 Å². The molecule has 0 atom stereocenters. The Morgan fingerprint density at radius 2 is 2.22 bits per heavy atom. The molecule has 0 saturated carbocycles. The number of amides is 1. The lowest BCUT2D eigenvalue weighted by Gasteiger charge is -2.16. The molecule has 92 valence electrons. The number of carbonyl (C=O) groups excluding carboxylic acids is 1. The number of fused-ring (bicyclic) bond motifs is 1. The van der Waals surface area contributed by atoms with Crippen molar-refractivity contribution in [2.45, 2.75) is 13.3 Å². The van der Waals surface area contributed by atoms with Gasteiger partial charge in [-0.25, -0.2) is 0 Å². The third kappa shape index (κ3) is 1.77. The Bertz CT molecular complexity index is 618. The molecule has 18 heavy (non-hydrogen) atoms. The molecule has 1 aromatic heterocycles. The molecule has 0 spiro atoms. The summed E-state index contributed by atoms with van der Waals surface area (Å²) in [4.78, 5) is 14.2. The quantitative estimate of drug-likeness (QED) is 0.807. The van der Waals surface area contributed by atoms with Crippen molar-refractivity contribution in [2.75, 3.05) is 11.4 Å². The lowest BCUT2D eigenvalue weighted by Crippen LogP contribution is -2.28. The van der Waals surface area contributed by atoms with E-state index in [0.717, 1.165) is 23.1 Å². The summed E-state index contributed by atoms with van der Waals surface area (Å²) in [5.74, 6) is 0.688. The van der Waals surface area contributed by atoms with E-state index in [1.165, 1.54) is 5.56 Å². The number of nitrogens with zero attached hydrogens (tertiary/aromatic N) is 1. The summed E-state index contributed by atoms with van der Waals surface area (Å²) in [7, 11) is 0. The second-order valence-electron chi connectivity index (χ2n) is 4.37. The average Bonchev–Trinajstić information content (AvgIpc) is 2.94. The molecule has 0 fully saturated rings. The van der Waals surface area contributed by atoms with Crippen molar-refractivity contribution in [3.05, 3.63) is 51.9 Å². The maximum Gasteiger partial charge on any atom is 0.261 e. The third-order valence-electron chi connectivity index (χ3n) is 3.27. The highest BCUT2D eigenvalue weighted by Gasteiger charge is 2.27. The van der Waals surface area contributed by atoms with E-state index >= 15 is 0 Å². The maximum absolute atomic E-state index is 12.4. The van der Waals surface area contributed by atoms with Crippen molar-refractivity contribution >= 4 is 27.5 Å². The Kier molecular flexibility index (Phi) is 2.74. The Balaban J connectivity index is 1.98. The largest absolute Gasteiger partial charge is 0.469 e. The van der Waals surface area contributed by atoms with E-state index in [9.17, 15) is 4.79 Å². The summed E-state index contributed by atoms with van der Waals surface area (Å²) in [6, 6.07) is 7.76. The molecule has 3 nitrogen and oxygen atoms in total. The topological polar surface area (TPSA) is 33.5 Å². The molecule has 1 aliphatic rings. The van der Waals surface area contributed by atoms with E-state index in [0.29, 0.717) is 11.3 Å². The Morgan fingerprint density at radius 3 is 2.94 bits per heavy atom. The number of anilines is 1. The van der Waals surface area contributed by atoms with E-state index in [2.05, 4.69) is 22.0 Å². The van der Waals surface area contributed by atoms with Crippen LogP contribution in [0.5, 0.6) is 0 Å². The molecule has 2 aromatic rings. The van der Waals surface area contributed by atoms with Gasteiger partial charge in [0, 0.05) is 16.7 Å². The fraction of sp³-hybridized carbons (Fsp3) is 0.214. The molecule has 4 heteroatoms. The maximum atomic E-state index is 12.4. The summed E-state index contributed by atoms with van der Waals surface area (Å²) in [5, 5.41) is 0. The summed E-state index contributed by atoms with van der Waals surface area (Å²) >= 11 is 3.45. The zero-order valence-electron chi connectivity index (χ0n) is 9.94. The number of rotatable bonds is 1. The summed E-state index contributed by atoms with van der Waals surface area (Å²) in [6.07, 6.45) is 2.46. The lowest BCUT2D eigenvalue weighted by molar-refractivity contribution is 0.0988.